The quantitative estimate of drug-likeness (QED) is 0.274. The van der Waals surface area contributed by atoms with Gasteiger partial charge in [0.25, 0.3) is 0 Å². The molecule has 36 heavy (non-hydrogen) atoms. The molecule has 0 unspecified atom stereocenters. The van der Waals surface area contributed by atoms with Crippen molar-refractivity contribution in [3.8, 4) is 17.5 Å². The van der Waals surface area contributed by atoms with E-state index in [1.807, 2.05) is 96.2 Å². The van der Waals surface area contributed by atoms with Crippen LogP contribution >= 0.6 is 0 Å². The van der Waals surface area contributed by atoms with E-state index < -0.39 is 0 Å². The van der Waals surface area contributed by atoms with E-state index in [2.05, 4.69) is 55.6 Å². The van der Waals surface area contributed by atoms with Gasteiger partial charge < -0.3 is 4.57 Å². The fourth-order valence-electron chi connectivity index (χ4n) is 4.07. The zero-order valence-corrected chi connectivity index (χ0v) is 19.4. The Kier molecular flexibility index (Phi) is 5.67. The highest BCUT2D eigenvalue weighted by Gasteiger charge is 2.13. The van der Waals surface area contributed by atoms with Gasteiger partial charge in [0.2, 0.25) is 0 Å². The van der Waals surface area contributed by atoms with Crippen molar-refractivity contribution in [2.24, 2.45) is 0 Å². The number of benzene rings is 2. The second-order valence-electron chi connectivity index (χ2n) is 8.16. The number of nitrogens with zero attached hydrogens (tertiary/aromatic N) is 5. The monoisotopic (exact) mass is 463 g/mol. The van der Waals surface area contributed by atoms with Crippen molar-refractivity contribution in [2.45, 2.75) is 0 Å². The highest BCUT2D eigenvalue weighted by Crippen LogP contribution is 2.31. The zero-order valence-electron chi connectivity index (χ0n) is 19.4. The molecular weight excluding hydrogens is 442 g/mol. The lowest BCUT2D eigenvalue weighted by Crippen LogP contribution is -2.12. The Balaban J connectivity index is 1.24. The molecule has 0 spiro atoms. The number of rotatable bonds is 4. The molecule has 6 aromatic rings. The lowest BCUT2D eigenvalue weighted by molar-refractivity contribution is 1.09. The molecule has 0 N–H and O–H groups in total. The smallest absolute Gasteiger partial charge is 0.144 e. The van der Waals surface area contributed by atoms with Gasteiger partial charge >= 0.3 is 0 Å². The number of fused-ring (bicyclic) bond motifs is 1. The largest absolute Gasteiger partial charge is 0.301 e. The highest BCUT2D eigenvalue weighted by atomic mass is 15.2. The Morgan fingerprint density at radius 3 is 1.78 bits per heavy atom. The fourth-order valence-corrected chi connectivity index (χ4v) is 4.07. The van der Waals surface area contributed by atoms with Crippen molar-refractivity contribution in [1.82, 2.24) is 19.5 Å². The van der Waals surface area contributed by atoms with Gasteiger partial charge in [0, 0.05) is 52.7 Å². The highest BCUT2D eigenvalue weighted by molar-refractivity contribution is 5.78. The van der Waals surface area contributed by atoms with Crippen LogP contribution in [0.4, 0.5) is 17.3 Å². The van der Waals surface area contributed by atoms with E-state index >= 15 is 0 Å². The molecule has 6 rings (SSSR count). The van der Waals surface area contributed by atoms with Crippen LogP contribution in [0.5, 0.6) is 0 Å². The van der Waals surface area contributed by atoms with Crippen LogP contribution < -0.4 is 4.90 Å². The van der Waals surface area contributed by atoms with E-state index in [0.29, 0.717) is 0 Å². The summed E-state index contributed by atoms with van der Waals surface area (Å²) < 4.78 is 2.08. The minimum atomic E-state index is 0.806. The second-order valence-corrected chi connectivity index (χ2v) is 8.16. The normalized spacial score (nSPS) is 10.6. The summed E-state index contributed by atoms with van der Waals surface area (Å²) in [6.07, 6.45) is 7.42. The Bertz CT molecular complexity index is 1620. The summed E-state index contributed by atoms with van der Waals surface area (Å²) in [6, 6.07) is 34.1. The van der Waals surface area contributed by atoms with E-state index in [0.717, 1.165) is 45.2 Å². The van der Waals surface area contributed by atoms with E-state index in [1.165, 1.54) is 0 Å². The van der Waals surface area contributed by atoms with Crippen LogP contribution in [0.25, 0.3) is 16.7 Å². The third kappa shape index (κ3) is 4.31. The molecule has 5 nitrogen and oxygen atoms in total. The molecule has 0 aliphatic heterocycles. The van der Waals surface area contributed by atoms with E-state index in [-0.39, 0.29) is 0 Å². The Morgan fingerprint density at radius 1 is 0.556 bits per heavy atom. The topological polar surface area (TPSA) is 46.8 Å². The van der Waals surface area contributed by atoms with Crippen LogP contribution in [0.1, 0.15) is 11.1 Å². The number of hydrogen-bond donors (Lipinski definition) is 0. The van der Waals surface area contributed by atoms with Gasteiger partial charge in [-0.25, -0.2) is 15.0 Å². The molecular formula is C31H21N5. The Hall–Kier alpha value is -5.21. The minimum absolute atomic E-state index is 0.806. The van der Waals surface area contributed by atoms with Crippen LogP contribution in [-0.2, 0) is 0 Å². The van der Waals surface area contributed by atoms with Crippen molar-refractivity contribution in [3.63, 3.8) is 0 Å². The standard InChI is InChI=1S/C31H21N5/c1-3-20-32-29(7-1)36(30-8-2-4-21-33-30)28-17-13-25(14-18-28)10-9-24-11-15-27(16-12-24)35-23-19-26-6-5-22-34-31(26)35/h1-8,11-23H. The third-order valence-electron chi connectivity index (χ3n) is 5.83. The maximum atomic E-state index is 4.52. The van der Waals surface area contributed by atoms with Crippen molar-refractivity contribution in [2.75, 3.05) is 4.90 Å². The van der Waals surface area contributed by atoms with Gasteiger partial charge in [-0.15, -0.1) is 0 Å². The lowest BCUT2D eigenvalue weighted by atomic mass is 10.1. The van der Waals surface area contributed by atoms with E-state index in [4.69, 9.17) is 0 Å². The molecule has 0 atom stereocenters. The summed E-state index contributed by atoms with van der Waals surface area (Å²) in [5.41, 5.74) is 4.86. The Labute approximate surface area is 209 Å². The maximum Gasteiger partial charge on any atom is 0.144 e. The molecule has 0 fully saturated rings. The van der Waals surface area contributed by atoms with Crippen LogP contribution in [-0.4, -0.2) is 19.5 Å². The molecule has 4 aromatic heterocycles. The predicted octanol–water partition coefficient (Wildman–Crippen LogP) is 6.69. The molecule has 0 amide bonds. The molecule has 2 aromatic carbocycles. The van der Waals surface area contributed by atoms with Gasteiger partial charge in [-0.1, -0.05) is 24.0 Å². The van der Waals surface area contributed by atoms with Gasteiger partial charge in [-0.3, -0.25) is 4.90 Å². The fraction of sp³-hybridized carbons (Fsp3) is 0. The molecule has 0 saturated heterocycles. The van der Waals surface area contributed by atoms with Crippen LogP contribution in [0.3, 0.4) is 0 Å². The summed E-state index contributed by atoms with van der Waals surface area (Å²) in [5.74, 6) is 8.15. The molecule has 0 bridgehead atoms. The Morgan fingerprint density at radius 2 is 1.17 bits per heavy atom. The number of anilines is 3. The lowest BCUT2D eigenvalue weighted by Gasteiger charge is -2.22. The minimum Gasteiger partial charge on any atom is -0.301 e. The first-order chi connectivity index (χ1) is 17.8. The molecule has 0 radical (unpaired) electrons. The van der Waals surface area contributed by atoms with E-state index in [9.17, 15) is 0 Å². The molecule has 0 aliphatic rings. The molecule has 0 saturated carbocycles. The average molecular weight is 464 g/mol. The summed E-state index contributed by atoms with van der Waals surface area (Å²) in [5, 5.41) is 1.12. The van der Waals surface area contributed by atoms with Gasteiger partial charge in [0.1, 0.15) is 17.3 Å². The van der Waals surface area contributed by atoms with Gasteiger partial charge in [0.15, 0.2) is 0 Å². The summed E-state index contributed by atoms with van der Waals surface area (Å²) in [7, 11) is 0. The predicted molar refractivity (Wildman–Crippen MR) is 144 cm³/mol. The SMILES string of the molecule is C(#Cc1ccc(-n2ccc3cccnc32)cc1)c1ccc(N(c2ccccn2)c2ccccn2)cc1. The van der Waals surface area contributed by atoms with E-state index in [1.54, 1.807) is 12.4 Å². The van der Waals surface area contributed by atoms with Crippen LogP contribution in [0, 0.1) is 11.8 Å². The number of pyridine rings is 3. The summed E-state index contributed by atoms with van der Waals surface area (Å²) in [4.78, 5) is 15.6. The molecule has 0 aliphatic carbocycles. The van der Waals surface area contributed by atoms with Gasteiger partial charge in [-0.2, -0.15) is 0 Å². The first-order valence-corrected chi connectivity index (χ1v) is 11.6. The van der Waals surface area contributed by atoms with Crippen molar-refractivity contribution in [3.05, 3.63) is 139 Å². The second kappa shape index (κ2) is 9.57. The average Bonchev–Trinajstić information content (AvgIpc) is 3.39. The number of aromatic nitrogens is 4. The van der Waals surface area contributed by atoms with Crippen molar-refractivity contribution in [1.29, 1.82) is 0 Å². The molecule has 170 valence electrons. The summed E-state index contributed by atoms with van der Waals surface area (Å²) in [6.45, 7) is 0. The first-order valence-electron chi connectivity index (χ1n) is 11.6. The van der Waals surface area contributed by atoms with Crippen LogP contribution in [0.2, 0.25) is 0 Å². The van der Waals surface area contributed by atoms with Crippen molar-refractivity contribution < 1.29 is 0 Å². The molecule has 4 heterocycles. The third-order valence-corrected chi connectivity index (χ3v) is 5.83. The molecule has 5 heteroatoms. The number of hydrogen-bond acceptors (Lipinski definition) is 4. The van der Waals surface area contributed by atoms with Crippen LogP contribution in [0.15, 0.2) is 128 Å². The van der Waals surface area contributed by atoms with Crippen molar-refractivity contribution >= 4 is 28.4 Å². The maximum absolute atomic E-state index is 4.52. The summed E-state index contributed by atoms with van der Waals surface area (Å²) >= 11 is 0. The first kappa shape index (κ1) is 21.3. The van der Waals surface area contributed by atoms with Gasteiger partial charge in [0.05, 0.1) is 0 Å². The zero-order chi connectivity index (χ0) is 24.2. The van der Waals surface area contributed by atoms with Gasteiger partial charge in [-0.05, 0) is 91.0 Å².